The van der Waals surface area contributed by atoms with Gasteiger partial charge in [-0.2, -0.15) is 0 Å². The number of hydrogen-bond acceptors (Lipinski definition) is 0. The van der Waals surface area contributed by atoms with Crippen LogP contribution in [0, 0.1) is 0 Å². The molecule has 0 aromatic heterocycles. The van der Waals surface area contributed by atoms with Crippen LogP contribution in [0.3, 0.4) is 0 Å². The van der Waals surface area contributed by atoms with Crippen molar-refractivity contribution in [1.82, 2.24) is 0 Å². The van der Waals surface area contributed by atoms with Crippen molar-refractivity contribution in [3.8, 4) is 0 Å². The highest BCUT2D eigenvalue weighted by Gasteiger charge is 2.34. The first-order valence-corrected chi connectivity index (χ1v) is 6.80. The monoisotopic (exact) mass is 188 g/mol. The van der Waals surface area contributed by atoms with E-state index >= 15 is 0 Å². The molecule has 0 aliphatic heterocycles. The van der Waals surface area contributed by atoms with E-state index in [1.807, 2.05) is 0 Å². The summed E-state index contributed by atoms with van der Waals surface area (Å²) in [6, 6.07) is 0. The van der Waals surface area contributed by atoms with Gasteiger partial charge in [-0.05, 0) is 29.8 Å². The van der Waals surface area contributed by atoms with Gasteiger partial charge >= 0.3 is 0 Å². The normalized spacial score (nSPS) is 16.2. The predicted octanol–water partition coefficient (Wildman–Crippen LogP) is 4.48. The standard InChI is InChI=1S/C11H25P/c1-8-11(6,9-2)12(7)10(3,4)5/h8-9H2,1-7H3. The first kappa shape index (κ1) is 12.4. The van der Waals surface area contributed by atoms with Gasteiger partial charge in [0.05, 0.1) is 0 Å². The van der Waals surface area contributed by atoms with Crippen LogP contribution in [0.2, 0.25) is 0 Å². The van der Waals surface area contributed by atoms with E-state index in [0.29, 0.717) is 10.3 Å². The minimum absolute atomic E-state index is 0.133. The lowest BCUT2D eigenvalue weighted by Gasteiger charge is -2.42. The molecule has 0 aliphatic rings. The highest BCUT2D eigenvalue weighted by Crippen LogP contribution is 2.59. The SMILES string of the molecule is CCC(C)(CC)P(C)C(C)(C)C. The highest BCUT2D eigenvalue weighted by atomic mass is 31.1. The maximum absolute atomic E-state index is 2.46. The van der Waals surface area contributed by atoms with Crippen LogP contribution in [-0.2, 0) is 0 Å². The van der Waals surface area contributed by atoms with Crippen molar-refractivity contribution < 1.29 is 0 Å². The molecule has 0 nitrogen and oxygen atoms in total. The maximum atomic E-state index is 2.46. The molecule has 0 aromatic rings. The summed E-state index contributed by atoms with van der Waals surface area (Å²) in [5, 5.41) is 1.10. The Morgan fingerprint density at radius 2 is 1.25 bits per heavy atom. The Hall–Kier alpha value is 0.430. The van der Waals surface area contributed by atoms with E-state index in [-0.39, 0.29) is 7.92 Å². The molecule has 0 aliphatic carbocycles. The molecule has 0 amide bonds. The van der Waals surface area contributed by atoms with Gasteiger partial charge in [0.1, 0.15) is 0 Å². The van der Waals surface area contributed by atoms with Gasteiger partial charge < -0.3 is 0 Å². The second-order valence-electron chi connectivity index (χ2n) is 4.93. The van der Waals surface area contributed by atoms with Gasteiger partial charge in [0.25, 0.3) is 0 Å². The van der Waals surface area contributed by atoms with Crippen LogP contribution in [0.5, 0.6) is 0 Å². The zero-order valence-corrected chi connectivity index (χ0v) is 10.8. The molecule has 0 rings (SSSR count). The summed E-state index contributed by atoms with van der Waals surface area (Å²) in [5.74, 6) is 0. The third-order valence-corrected chi connectivity index (χ3v) is 7.60. The van der Waals surface area contributed by atoms with Crippen molar-refractivity contribution >= 4 is 7.92 Å². The van der Waals surface area contributed by atoms with Crippen molar-refractivity contribution in [3.63, 3.8) is 0 Å². The molecule has 0 spiro atoms. The van der Waals surface area contributed by atoms with E-state index < -0.39 is 0 Å². The van der Waals surface area contributed by atoms with Gasteiger partial charge in [0, 0.05) is 0 Å². The molecule has 0 fully saturated rings. The maximum Gasteiger partial charge on any atom is -0.0126 e. The molecule has 1 unspecified atom stereocenters. The lowest BCUT2D eigenvalue weighted by Crippen LogP contribution is -2.28. The van der Waals surface area contributed by atoms with Gasteiger partial charge in [0.15, 0.2) is 0 Å². The van der Waals surface area contributed by atoms with E-state index in [1.54, 1.807) is 0 Å². The van der Waals surface area contributed by atoms with Gasteiger partial charge in [-0.15, -0.1) is 0 Å². The van der Waals surface area contributed by atoms with Crippen LogP contribution >= 0.6 is 7.92 Å². The van der Waals surface area contributed by atoms with E-state index in [9.17, 15) is 0 Å². The molecule has 1 atom stereocenters. The molecule has 12 heavy (non-hydrogen) atoms. The highest BCUT2D eigenvalue weighted by molar-refractivity contribution is 7.60. The van der Waals surface area contributed by atoms with Crippen LogP contribution in [0.4, 0.5) is 0 Å². The lowest BCUT2D eigenvalue weighted by molar-refractivity contribution is 0.570. The van der Waals surface area contributed by atoms with E-state index in [1.165, 1.54) is 12.8 Å². The molecular formula is C11H25P. The molecule has 0 saturated heterocycles. The summed E-state index contributed by atoms with van der Waals surface area (Å²) in [7, 11) is 0.133. The predicted molar refractivity (Wildman–Crippen MR) is 61.6 cm³/mol. The molecule has 0 heterocycles. The molecule has 0 radical (unpaired) electrons. The zero-order chi connectivity index (χ0) is 9.99. The molecule has 0 aromatic carbocycles. The fraction of sp³-hybridized carbons (Fsp3) is 1.00. The first-order chi connectivity index (χ1) is 5.28. The Morgan fingerprint density at radius 1 is 0.917 bits per heavy atom. The third-order valence-electron chi connectivity index (χ3n) is 3.34. The van der Waals surface area contributed by atoms with Gasteiger partial charge in [-0.25, -0.2) is 0 Å². The first-order valence-electron chi connectivity index (χ1n) is 5.02. The second-order valence-corrected chi connectivity index (χ2v) is 8.47. The summed E-state index contributed by atoms with van der Waals surface area (Å²) in [6.45, 7) is 16.7. The average molecular weight is 188 g/mol. The second kappa shape index (κ2) is 4.09. The fourth-order valence-electron chi connectivity index (χ4n) is 1.53. The Balaban J connectivity index is 4.53. The summed E-state index contributed by atoms with van der Waals surface area (Å²) >= 11 is 0. The molecule has 1 heteroatoms. The molecule has 74 valence electrons. The van der Waals surface area contributed by atoms with Crippen molar-refractivity contribution in [2.75, 3.05) is 6.66 Å². The third kappa shape index (κ3) is 2.73. The quantitative estimate of drug-likeness (QED) is 0.573. The van der Waals surface area contributed by atoms with Crippen LogP contribution in [0.1, 0.15) is 54.4 Å². The summed E-state index contributed by atoms with van der Waals surface area (Å²) in [5.41, 5.74) is 0. The summed E-state index contributed by atoms with van der Waals surface area (Å²) in [6.07, 6.45) is 2.64. The fourth-order valence-corrected chi connectivity index (χ4v) is 4.10. The summed E-state index contributed by atoms with van der Waals surface area (Å²) < 4.78 is 0. The van der Waals surface area contributed by atoms with Crippen LogP contribution in [-0.4, -0.2) is 17.0 Å². The molecule has 0 N–H and O–H groups in total. The largest absolute Gasteiger partial charge is 0.0983 e. The average Bonchev–Trinajstić information content (AvgIpc) is 2.00. The molecular weight excluding hydrogens is 163 g/mol. The lowest BCUT2D eigenvalue weighted by atomic mass is 10.1. The Labute approximate surface area is 79.9 Å². The Morgan fingerprint density at radius 3 is 1.33 bits per heavy atom. The minimum atomic E-state index is 0.133. The topological polar surface area (TPSA) is 0 Å². The van der Waals surface area contributed by atoms with Crippen LogP contribution in [0.25, 0.3) is 0 Å². The minimum Gasteiger partial charge on any atom is -0.0983 e. The van der Waals surface area contributed by atoms with Crippen LogP contribution in [0.15, 0.2) is 0 Å². The molecule has 0 saturated carbocycles. The van der Waals surface area contributed by atoms with E-state index in [2.05, 4.69) is 48.2 Å². The smallest absolute Gasteiger partial charge is 0.0126 e. The van der Waals surface area contributed by atoms with Crippen molar-refractivity contribution in [2.24, 2.45) is 0 Å². The Bertz CT molecular complexity index is 128. The van der Waals surface area contributed by atoms with Crippen molar-refractivity contribution in [3.05, 3.63) is 0 Å². The van der Waals surface area contributed by atoms with Crippen molar-refractivity contribution in [2.45, 2.75) is 64.7 Å². The molecule has 0 bridgehead atoms. The van der Waals surface area contributed by atoms with E-state index in [0.717, 1.165) is 0 Å². The van der Waals surface area contributed by atoms with Crippen molar-refractivity contribution in [1.29, 1.82) is 0 Å². The zero-order valence-electron chi connectivity index (χ0n) is 9.86. The number of rotatable bonds is 3. The number of hydrogen-bond donors (Lipinski definition) is 0. The summed E-state index contributed by atoms with van der Waals surface area (Å²) in [4.78, 5) is 0. The van der Waals surface area contributed by atoms with Gasteiger partial charge in [0.2, 0.25) is 0 Å². The Kier molecular flexibility index (Phi) is 4.24. The van der Waals surface area contributed by atoms with E-state index in [4.69, 9.17) is 0 Å². The van der Waals surface area contributed by atoms with Gasteiger partial charge in [-0.1, -0.05) is 49.5 Å². The van der Waals surface area contributed by atoms with Crippen LogP contribution < -0.4 is 0 Å². The van der Waals surface area contributed by atoms with Gasteiger partial charge in [-0.3, -0.25) is 0 Å².